The van der Waals surface area contributed by atoms with E-state index < -0.39 is 22.4 Å². The van der Waals surface area contributed by atoms with Crippen molar-refractivity contribution >= 4 is 35.2 Å². The normalized spacial score (nSPS) is 10.6. The molecule has 1 aromatic carbocycles. The molecule has 1 heterocycles. The van der Waals surface area contributed by atoms with E-state index in [4.69, 9.17) is 16.0 Å². The molecule has 2 rings (SSSR count). The zero-order valence-electron chi connectivity index (χ0n) is 12.4. The van der Waals surface area contributed by atoms with E-state index in [0.717, 1.165) is 6.07 Å². The van der Waals surface area contributed by atoms with Crippen molar-refractivity contribution in [1.29, 1.82) is 0 Å². The van der Waals surface area contributed by atoms with E-state index in [1.165, 1.54) is 24.3 Å². The fraction of sp³-hybridized carbons (Fsp3) is 0.0667. The Morgan fingerprint density at radius 3 is 2.62 bits per heavy atom. The average Bonchev–Trinajstić information content (AvgIpc) is 2.96. The van der Waals surface area contributed by atoms with Gasteiger partial charge in [-0.2, -0.15) is 0 Å². The van der Waals surface area contributed by atoms with Gasteiger partial charge in [0.25, 0.3) is 17.5 Å². The number of aryl methyl sites for hydroxylation is 1. The van der Waals surface area contributed by atoms with Crippen molar-refractivity contribution in [2.24, 2.45) is 0 Å². The number of halogens is 1. The van der Waals surface area contributed by atoms with Crippen molar-refractivity contribution < 1.29 is 18.9 Å². The Balaban J connectivity index is 1.95. The second kappa shape index (κ2) is 7.42. The summed E-state index contributed by atoms with van der Waals surface area (Å²) in [4.78, 5) is 33.6. The highest BCUT2D eigenvalue weighted by Gasteiger charge is 2.16. The first-order valence-corrected chi connectivity index (χ1v) is 7.03. The van der Waals surface area contributed by atoms with Gasteiger partial charge in [0.05, 0.1) is 4.92 Å². The molecule has 0 saturated heterocycles. The molecule has 0 unspecified atom stereocenters. The Hall–Kier alpha value is -3.13. The predicted molar refractivity (Wildman–Crippen MR) is 86.2 cm³/mol. The van der Waals surface area contributed by atoms with Crippen LogP contribution in [0.1, 0.15) is 21.9 Å². The fourth-order valence-electron chi connectivity index (χ4n) is 1.73. The SMILES string of the molecule is Cc1ccc(/C=C/C(=O)NNC(=O)c2ccc(Cl)c([N+](=O)[O-])c2)o1. The zero-order chi connectivity index (χ0) is 17.7. The fourth-order valence-corrected chi connectivity index (χ4v) is 1.91. The molecular weight excluding hydrogens is 338 g/mol. The van der Waals surface area contributed by atoms with Crippen LogP contribution in [0.4, 0.5) is 5.69 Å². The summed E-state index contributed by atoms with van der Waals surface area (Å²) in [7, 11) is 0. The lowest BCUT2D eigenvalue weighted by Crippen LogP contribution is -2.40. The summed E-state index contributed by atoms with van der Waals surface area (Å²) >= 11 is 5.66. The number of carbonyl (C=O) groups is 2. The van der Waals surface area contributed by atoms with Crippen molar-refractivity contribution in [2.75, 3.05) is 0 Å². The summed E-state index contributed by atoms with van der Waals surface area (Å²) < 4.78 is 5.25. The second-order valence-corrected chi connectivity index (χ2v) is 5.06. The minimum Gasteiger partial charge on any atom is -0.462 e. The molecule has 0 saturated carbocycles. The second-order valence-electron chi connectivity index (χ2n) is 4.65. The van der Waals surface area contributed by atoms with E-state index in [1.54, 1.807) is 19.1 Å². The van der Waals surface area contributed by atoms with Crippen molar-refractivity contribution in [3.63, 3.8) is 0 Å². The molecule has 2 N–H and O–H groups in total. The first-order chi connectivity index (χ1) is 11.4. The largest absolute Gasteiger partial charge is 0.462 e. The number of nitro benzene ring substituents is 1. The molecule has 0 fully saturated rings. The number of nitrogens with zero attached hydrogens (tertiary/aromatic N) is 1. The standard InChI is InChI=1S/C15H12ClN3O5/c1-9-2-4-11(24-9)5-7-14(20)17-18-15(21)10-3-6-12(16)13(8-10)19(22)23/h2-8H,1H3,(H,17,20)(H,18,21)/b7-5+. The molecule has 9 heteroatoms. The summed E-state index contributed by atoms with van der Waals surface area (Å²) in [5, 5.41) is 10.7. The van der Waals surface area contributed by atoms with Gasteiger partial charge < -0.3 is 4.42 Å². The minimum atomic E-state index is -0.717. The monoisotopic (exact) mass is 349 g/mol. The number of furan rings is 1. The number of nitrogens with one attached hydrogen (secondary N) is 2. The van der Waals surface area contributed by atoms with Gasteiger partial charge in [0.1, 0.15) is 16.5 Å². The third-order valence-corrected chi connectivity index (χ3v) is 3.18. The molecule has 0 aliphatic heterocycles. The van der Waals surface area contributed by atoms with Crippen LogP contribution in [0.15, 0.2) is 40.8 Å². The van der Waals surface area contributed by atoms with Gasteiger partial charge in [-0.15, -0.1) is 0 Å². The highest BCUT2D eigenvalue weighted by Crippen LogP contribution is 2.24. The quantitative estimate of drug-likeness (QED) is 0.500. The molecule has 8 nitrogen and oxygen atoms in total. The van der Waals surface area contributed by atoms with E-state index in [0.29, 0.717) is 11.5 Å². The number of benzene rings is 1. The Morgan fingerprint density at radius 2 is 2.00 bits per heavy atom. The maximum Gasteiger partial charge on any atom is 0.288 e. The summed E-state index contributed by atoms with van der Waals surface area (Å²) in [6, 6.07) is 6.98. The van der Waals surface area contributed by atoms with E-state index in [9.17, 15) is 19.7 Å². The van der Waals surface area contributed by atoms with E-state index in [2.05, 4.69) is 10.9 Å². The first kappa shape index (κ1) is 17.2. The smallest absolute Gasteiger partial charge is 0.288 e. The van der Waals surface area contributed by atoms with Crippen LogP contribution in [0, 0.1) is 17.0 Å². The van der Waals surface area contributed by atoms with E-state index >= 15 is 0 Å². The van der Waals surface area contributed by atoms with E-state index in [1.807, 2.05) is 0 Å². The maximum atomic E-state index is 11.9. The van der Waals surface area contributed by atoms with Crippen molar-refractivity contribution in [3.8, 4) is 0 Å². The van der Waals surface area contributed by atoms with Crippen LogP contribution in [0.25, 0.3) is 6.08 Å². The van der Waals surface area contributed by atoms with Crippen LogP contribution in [-0.4, -0.2) is 16.7 Å². The topological polar surface area (TPSA) is 114 Å². The number of hydrazine groups is 1. The van der Waals surface area contributed by atoms with Gasteiger partial charge >= 0.3 is 0 Å². The molecule has 0 radical (unpaired) electrons. The number of nitro groups is 1. The lowest BCUT2D eigenvalue weighted by Gasteiger charge is -2.05. The molecule has 0 atom stereocenters. The number of carbonyl (C=O) groups excluding carboxylic acids is 2. The number of rotatable bonds is 4. The van der Waals surface area contributed by atoms with Crippen LogP contribution >= 0.6 is 11.6 Å². The van der Waals surface area contributed by atoms with Gasteiger partial charge in [0.15, 0.2) is 0 Å². The Morgan fingerprint density at radius 1 is 1.25 bits per heavy atom. The lowest BCUT2D eigenvalue weighted by molar-refractivity contribution is -0.384. The van der Waals surface area contributed by atoms with Crippen LogP contribution in [0.3, 0.4) is 0 Å². The Bertz CT molecular complexity index is 828. The van der Waals surface area contributed by atoms with Crippen LogP contribution < -0.4 is 10.9 Å². The van der Waals surface area contributed by atoms with Crippen molar-refractivity contribution in [2.45, 2.75) is 6.92 Å². The van der Waals surface area contributed by atoms with Gasteiger partial charge in [-0.1, -0.05) is 11.6 Å². The van der Waals surface area contributed by atoms with Gasteiger partial charge in [-0.25, -0.2) is 0 Å². The average molecular weight is 350 g/mol. The molecule has 0 aliphatic carbocycles. The van der Waals surface area contributed by atoms with Gasteiger partial charge in [-0.05, 0) is 37.3 Å². The lowest BCUT2D eigenvalue weighted by atomic mass is 10.2. The summed E-state index contributed by atoms with van der Waals surface area (Å²) in [5.74, 6) is -0.124. The summed E-state index contributed by atoms with van der Waals surface area (Å²) in [5.41, 5.74) is 3.88. The van der Waals surface area contributed by atoms with Gasteiger partial charge in [0.2, 0.25) is 0 Å². The van der Waals surface area contributed by atoms with Crippen molar-refractivity contribution in [1.82, 2.24) is 10.9 Å². The van der Waals surface area contributed by atoms with E-state index in [-0.39, 0.29) is 10.6 Å². The molecule has 0 spiro atoms. The highest BCUT2D eigenvalue weighted by molar-refractivity contribution is 6.32. The van der Waals surface area contributed by atoms with Crippen LogP contribution in [0.5, 0.6) is 0 Å². The Kier molecular flexibility index (Phi) is 5.33. The third-order valence-electron chi connectivity index (χ3n) is 2.86. The van der Waals surface area contributed by atoms with Crippen molar-refractivity contribution in [3.05, 3.63) is 68.6 Å². The predicted octanol–water partition coefficient (Wildman–Crippen LogP) is 2.62. The number of hydrogen-bond donors (Lipinski definition) is 2. The number of amides is 2. The molecule has 1 aromatic heterocycles. The maximum absolute atomic E-state index is 11.9. The van der Waals surface area contributed by atoms with Gasteiger partial charge in [0, 0.05) is 17.7 Å². The van der Waals surface area contributed by atoms with Crippen LogP contribution in [0.2, 0.25) is 5.02 Å². The highest BCUT2D eigenvalue weighted by atomic mass is 35.5. The third kappa shape index (κ3) is 4.43. The van der Waals surface area contributed by atoms with Gasteiger partial charge in [-0.3, -0.25) is 30.6 Å². The molecule has 0 bridgehead atoms. The minimum absolute atomic E-state index is 0.0166. The number of hydrogen-bond acceptors (Lipinski definition) is 5. The first-order valence-electron chi connectivity index (χ1n) is 6.65. The molecule has 2 amide bonds. The molecule has 24 heavy (non-hydrogen) atoms. The summed E-state index contributed by atoms with van der Waals surface area (Å²) in [6.07, 6.45) is 2.60. The molecular formula is C15H12ClN3O5. The zero-order valence-corrected chi connectivity index (χ0v) is 13.2. The molecule has 2 aromatic rings. The Labute approximate surface area is 141 Å². The molecule has 124 valence electrons. The van der Waals surface area contributed by atoms with Crippen LogP contribution in [-0.2, 0) is 4.79 Å². The summed E-state index contributed by atoms with van der Waals surface area (Å²) in [6.45, 7) is 1.77. The molecule has 0 aliphatic rings.